The van der Waals surface area contributed by atoms with Crippen LogP contribution in [0.15, 0.2) is 18.2 Å². The second kappa shape index (κ2) is 5.16. The van der Waals surface area contributed by atoms with E-state index in [9.17, 15) is 4.79 Å². The minimum Gasteiger partial charge on any atom is -0.370 e. The summed E-state index contributed by atoms with van der Waals surface area (Å²) in [4.78, 5) is 10.6. The molecule has 0 heterocycles. The molecule has 0 spiro atoms. The second-order valence-corrected chi connectivity index (χ2v) is 3.38. The van der Waals surface area contributed by atoms with Gasteiger partial charge in [-0.25, -0.2) is 0 Å². The summed E-state index contributed by atoms with van der Waals surface area (Å²) in [5.41, 5.74) is 7.73. The van der Waals surface area contributed by atoms with E-state index in [1.165, 1.54) is 0 Å². The Morgan fingerprint density at radius 2 is 2.33 bits per heavy atom. The number of benzene rings is 1. The third-order valence-electron chi connectivity index (χ3n) is 2.22. The Hall–Kier alpha value is -1.82. The number of carbonyl (C=O) groups excluding carboxylic acids is 1. The minimum absolute atomic E-state index is 0.249. The smallest absolute Gasteiger partial charge is 0.217 e. The van der Waals surface area contributed by atoms with Crippen LogP contribution in [-0.2, 0) is 11.2 Å². The zero-order valence-corrected chi connectivity index (χ0v) is 8.66. The summed E-state index contributed by atoms with van der Waals surface area (Å²) in [6.07, 6.45) is 2.66. The number of amides is 1. The van der Waals surface area contributed by atoms with E-state index in [1.807, 2.05) is 19.1 Å². The van der Waals surface area contributed by atoms with Gasteiger partial charge in [-0.3, -0.25) is 4.79 Å². The number of hydrogen-bond acceptors (Lipinski definition) is 2. The molecule has 0 aliphatic heterocycles. The van der Waals surface area contributed by atoms with Crippen molar-refractivity contribution in [3.05, 3.63) is 41.3 Å². The molecule has 0 saturated carbocycles. The molecular weight excluding hydrogens is 188 g/mol. The fourth-order valence-electron chi connectivity index (χ4n) is 1.44. The van der Waals surface area contributed by atoms with Gasteiger partial charge in [0.2, 0.25) is 5.91 Å². The van der Waals surface area contributed by atoms with Gasteiger partial charge in [0.05, 0.1) is 11.6 Å². The molecule has 0 saturated heterocycles. The van der Waals surface area contributed by atoms with Crippen LogP contribution in [0.4, 0.5) is 0 Å². The predicted molar refractivity (Wildman–Crippen MR) is 57.7 cm³/mol. The number of aryl methyl sites for hydroxylation is 1. The number of primary amides is 1. The van der Waals surface area contributed by atoms with E-state index < -0.39 is 0 Å². The average Bonchev–Trinajstić information content (AvgIpc) is 2.20. The third kappa shape index (κ3) is 3.10. The normalized spacial score (nSPS) is 9.60. The number of nitrogens with two attached hydrogens (primary N) is 1. The molecule has 2 N–H and O–H groups in total. The van der Waals surface area contributed by atoms with Crippen molar-refractivity contribution >= 4 is 5.91 Å². The molecule has 0 bridgehead atoms. The average molecular weight is 201 g/mol. The SMILES string of the molecule is Cc1cccc(C#N)c1C[CH]CC(N)=O. The fourth-order valence-corrected chi connectivity index (χ4v) is 1.44. The molecule has 0 unspecified atom stereocenters. The highest BCUT2D eigenvalue weighted by Gasteiger charge is 2.05. The van der Waals surface area contributed by atoms with Crippen LogP contribution in [0.25, 0.3) is 0 Å². The summed E-state index contributed by atoms with van der Waals surface area (Å²) >= 11 is 0. The maximum absolute atomic E-state index is 10.6. The van der Waals surface area contributed by atoms with Crippen molar-refractivity contribution in [1.29, 1.82) is 5.26 Å². The Morgan fingerprint density at radius 3 is 2.93 bits per heavy atom. The molecule has 77 valence electrons. The molecule has 0 atom stereocenters. The molecule has 0 fully saturated rings. The van der Waals surface area contributed by atoms with Gasteiger partial charge in [0.1, 0.15) is 0 Å². The van der Waals surface area contributed by atoms with Crippen LogP contribution in [0.2, 0.25) is 0 Å². The fraction of sp³-hybridized carbons (Fsp3) is 0.250. The quantitative estimate of drug-likeness (QED) is 0.801. The summed E-state index contributed by atoms with van der Waals surface area (Å²) in [6, 6.07) is 7.72. The van der Waals surface area contributed by atoms with Crippen molar-refractivity contribution in [3.63, 3.8) is 0 Å². The highest BCUT2D eigenvalue weighted by molar-refractivity contribution is 5.74. The van der Waals surface area contributed by atoms with Gasteiger partial charge in [0.25, 0.3) is 0 Å². The zero-order valence-electron chi connectivity index (χ0n) is 8.66. The van der Waals surface area contributed by atoms with Crippen LogP contribution in [0.5, 0.6) is 0 Å². The molecule has 3 heteroatoms. The first-order chi connectivity index (χ1) is 7.15. The van der Waals surface area contributed by atoms with Crippen molar-refractivity contribution in [3.8, 4) is 6.07 Å². The van der Waals surface area contributed by atoms with E-state index in [1.54, 1.807) is 12.5 Å². The first-order valence-electron chi connectivity index (χ1n) is 4.73. The highest BCUT2D eigenvalue weighted by atomic mass is 16.1. The first-order valence-corrected chi connectivity index (χ1v) is 4.73. The number of carbonyl (C=O) groups is 1. The topological polar surface area (TPSA) is 66.9 Å². The maximum atomic E-state index is 10.6. The van der Waals surface area contributed by atoms with Crippen LogP contribution in [-0.4, -0.2) is 5.91 Å². The van der Waals surface area contributed by atoms with Crippen LogP contribution in [0.1, 0.15) is 23.1 Å². The van der Waals surface area contributed by atoms with Crippen molar-refractivity contribution in [1.82, 2.24) is 0 Å². The molecule has 0 aliphatic rings. The lowest BCUT2D eigenvalue weighted by Gasteiger charge is -2.06. The second-order valence-electron chi connectivity index (χ2n) is 3.38. The number of nitriles is 1. The zero-order chi connectivity index (χ0) is 11.3. The summed E-state index contributed by atoms with van der Waals surface area (Å²) in [5.74, 6) is -0.345. The van der Waals surface area contributed by atoms with Crippen molar-refractivity contribution in [2.75, 3.05) is 0 Å². The molecule has 3 nitrogen and oxygen atoms in total. The first kappa shape index (κ1) is 11.3. The summed E-state index contributed by atoms with van der Waals surface area (Å²) in [5, 5.41) is 8.90. The van der Waals surface area contributed by atoms with Crippen molar-refractivity contribution in [2.45, 2.75) is 19.8 Å². The largest absolute Gasteiger partial charge is 0.370 e. The monoisotopic (exact) mass is 201 g/mol. The van der Waals surface area contributed by atoms with Gasteiger partial charge >= 0.3 is 0 Å². The van der Waals surface area contributed by atoms with E-state index in [0.29, 0.717) is 12.0 Å². The van der Waals surface area contributed by atoms with Gasteiger partial charge in [0, 0.05) is 6.42 Å². The lowest BCUT2D eigenvalue weighted by molar-refractivity contribution is -0.117. The Bertz CT molecular complexity index is 405. The van der Waals surface area contributed by atoms with Crippen LogP contribution < -0.4 is 5.73 Å². The van der Waals surface area contributed by atoms with E-state index in [-0.39, 0.29) is 12.3 Å². The van der Waals surface area contributed by atoms with Gasteiger partial charge < -0.3 is 5.73 Å². The molecule has 1 rings (SSSR count). The number of nitrogens with zero attached hydrogens (tertiary/aromatic N) is 1. The molecule has 0 aromatic heterocycles. The molecule has 0 aliphatic carbocycles. The summed E-state index contributed by atoms with van der Waals surface area (Å²) < 4.78 is 0. The van der Waals surface area contributed by atoms with Gasteiger partial charge in [-0.15, -0.1) is 0 Å². The number of hydrogen-bond donors (Lipinski definition) is 1. The van der Waals surface area contributed by atoms with Crippen molar-refractivity contribution in [2.24, 2.45) is 5.73 Å². The Morgan fingerprint density at radius 1 is 1.60 bits per heavy atom. The molecular formula is C12H13N2O. The molecule has 15 heavy (non-hydrogen) atoms. The van der Waals surface area contributed by atoms with Gasteiger partial charge in [-0.2, -0.15) is 5.26 Å². The molecule has 1 radical (unpaired) electrons. The standard InChI is InChI=1S/C12H13N2O/c1-9-4-2-5-10(8-13)11(9)6-3-7-12(14)15/h2-5H,6-7H2,1H3,(H2,14,15). The predicted octanol–water partition coefficient (Wildman–Crippen LogP) is 1.49. The van der Waals surface area contributed by atoms with E-state index in [4.69, 9.17) is 11.0 Å². The molecule has 1 amide bonds. The lowest BCUT2D eigenvalue weighted by Crippen LogP contribution is -2.11. The third-order valence-corrected chi connectivity index (χ3v) is 2.22. The van der Waals surface area contributed by atoms with E-state index in [2.05, 4.69) is 6.07 Å². The van der Waals surface area contributed by atoms with Crippen LogP contribution in [0, 0.1) is 24.7 Å². The summed E-state index contributed by atoms with van der Waals surface area (Å²) in [6.45, 7) is 1.95. The van der Waals surface area contributed by atoms with Gasteiger partial charge in [-0.1, -0.05) is 12.1 Å². The van der Waals surface area contributed by atoms with E-state index in [0.717, 1.165) is 11.1 Å². The van der Waals surface area contributed by atoms with E-state index >= 15 is 0 Å². The van der Waals surface area contributed by atoms with Gasteiger partial charge in [0.15, 0.2) is 0 Å². The molecule has 1 aromatic carbocycles. The Kier molecular flexibility index (Phi) is 3.87. The molecule has 1 aromatic rings. The Balaban J connectivity index is 2.76. The lowest BCUT2D eigenvalue weighted by atomic mass is 9.98. The summed E-state index contributed by atoms with van der Waals surface area (Å²) in [7, 11) is 0. The van der Waals surface area contributed by atoms with Crippen LogP contribution >= 0.6 is 0 Å². The highest BCUT2D eigenvalue weighted by Crippen LogP contribution is 2.15. The maximum Gasteiger partial charge on any atom is 0.217 e. The Labute approximate surface area is 89.5 Å². The van der Waals surface area contributed by atoms with Gasteiger partial charge in [-0.05, 0) is 37.0 Å². The number of rotatable bonds is 4. The minimum atomic E-state index is -0.345. The van der Waals surface area contributed by atoms with Crippen molar-refractivity contribution < 1.29 is 4.79 Å². The van der Waals surface area contributed by atoms with Crippen LogP contribution in [0.3, 0.4) is 0 Å².